The number of hydrogen-bond acceptors (Lipinski definition) is 6. The number of urea groups is 1. The number of anilines is 2. The molecular weight excluding hydrogens is 430 g/mol. The average molecular weight is 466 g/mol. The molecule has 9 nitrogen and oxygen atoms in total. The molecule has 0 saturated carbocycles. The monoisotopic (exact) mass is 465 g/mol. The van der Waals surface area contributed by atoms with E-state index in [9.17, 15) is 13.2 Å². The van der Waals surface area contributed by atoms with Crippen LogP contribution in [0.1, 0.15) is 13.8 Å². The third kappa shape index (κ3) is 4.27. The number of amides is 2. The van der Waals surface area contributed by atoms with E-state index in [-0.39, 0.29) is 30.0 Å². The van der Waals surface area contributed by atoms with Crippen molar-refractivity contribution in [1.29, 1.82) is 0 Å². The Kier molecular flexibility index (Phi) is 6.06. The normalized spacial score (nSPS) is 28.8. The summed E-state index contributed by atoms with van der Waals surface area (Å²) >= 11 is 0. The van der Waals surface area contributed by atoms with E-state index < -0.39 is 10.0 Å². The summed E-state index contributed by atoms with van der Waals surface area (Å²) < 4.78 is 25.0. The molecule has 2 atom stereocenters. The molecule has 3 heterocycles. The van der Waals surface area contributed by atoms with Crippen LogP contribution in [0.2, 0.25) is 0 Å². The highest BCUT2D eigenvalue weighted by molar-refractivity contribution is 7.88. The van der Waals surface area contributed by atoms with Gasteiger partial charge in [-0.1, -0.05) is 13.8 Å². The summed E-state index contributed by atoms with van der Waals surface area (Å²) in [6, 6.07) is 8.45. The number of aliphatic hydroxyl groups excluding tert-OH is 1. The first-order chi connectivity index (χ1) is 15.0. The van der Waals surface area contributed by atoms with Gasteiger partial charge in [-0.3, -0.25) is 0 Å². The van der Waals surface area contributed by atoms with Gasteiger partial charge in [0.05, 0.1) is 12.9 Å². The maximum Gasteiger partial charge on any atom is 0.317 e. The number of aliphatic hydroxyl groups is 1. The van der Waals surface area contributed by atoms with Gasteiger partial charge in [-0.25, -0.2) is 13.2 Å². The molecule has 0 unspecified atom stereocenters. The van der Waals surface area contributed by atoms with Crippen molar-refractivity contribution in [2.45, 2.75) is 13.8 Å². The maximum absolute atomic E-state index is 12.4. The largest absolute Gasteiger partial charge is 0.395 e. The van der Waals surface area contributed by atoms with Crippen molar-refractivity contribution in [3.63, 3.8) is 0 Å². The van der Waals surface area contributed by atoms with Crippen molar-refractivity contribution in [2.75, 3.05) is 81.6 Å². The van der Waals surface area contributed by atoms with E-state index in [1.54, 1.807) is 0 Å². The third-order valence-corrected chi connectivity index (χ3v) is 8.88. The molecule has 0 spiro atoms. The molecule has 1 aromatic rings. The Bertz CT molecular complexity index is 928. The first kappa shape index (κ1) is 23.1. The predicted molar refractivity (Wildman–Crippen MR) is 126 cm³/mol. The van der Waals surface area contributed by atoms with E-state index in [1.807, 2.05) is 4.90 Å². The van der Waals surface area contributed by atoms with Gasteiger partial charge in [0.25, 0.3) is 0 Å². The van der Waals surface area contributed by atoms with Crippen LogP contribution in [0, 0.1) is 10.8 Å². The van der Waals surface area contributed by atoms with Gasteiger partial charge >= 0.3 is 6.03 Å². The van der Waals surface area contributed by atoms with Crippen LogP contribution in [-0.2, 0) is 10.0 Å². The summed E-state index contributed by atoms with van der Waals surface area (Å²) in [4.78, 5) is 18.9. The molecule has 0 aromatic heterocycles. The number of nitrogens with one attached hydrogen (secondary N) is 1. The Morgan fingerprint density at radius 2 is 1.44 bits per heavy atom. The number of nitrogens with zero attached hydrogens (tertiary/aromatic N) is 4. The van der Waals surface area contributed by atoms with E-state index in [2.05, 4.69) is 53.2 Å². The third-order valence-electron chi connectivity index (χ3n) is 7.58. The van der Waals surface area contributed by atoms with E-state index in [0.717, 1.165) is 18.8 Å². The SMILES string of the molecule is C[C@@]12CN(C(=O)NCCO)C[C@]1(C)CN(c1ccc(N3CCN(S(C)(=O)=O)CC3)cc1)C2. The summed E-state index contributed by atoms with van der Waals surface area (Å²) in [5, 5.41) is 11.7. The lowest BCUT2D eigenvalue weighted by molar-refractivity contribution is 0.197. The van der Waals surface area contributed by atoms with Crippen LogP contribution in [0.15, 0.2) is 24.3 Å². The number of sulfonamides is 1. The molecule has 3 aliphatic heterocycles. The number of rotatable bonds is 5. The van der Waals surface area contributed by atoms with Gasteiger partial charge in [0.1, 0.15) is 0 Å². The second kappa shape index (κ2) is 8.39. The van der Waals surface area contributed by atoms with Crippen molar-refractivity contribution in [2.24, 2.45) is 10.8 Å². The molecule has 2 N–H and O–H groups in total. The topological polar surface area (TPSA) is 96.4 Å². The first-order valence-electron chi connectivity index (χ1n) is 11.2. The fourth-order valence-corrected chi connectivity index (χ4v) is 6.24. The smallest absolute Gasteiger partial charge is 0.317 e. The van der Waals surface area contributed by atoms with E-state index in [0.29, 0.717) is 39.3 Å². The molecule has 1 aromatic carbocycles. The Hall–Kier alpha value is -2.04. The molecule has 2 amide bonds. The van der Waals surface area contributed by atoms with Gasteiger partial charge in [-0.05, 0) is 24.3 Å². The molecule has 0 radical (unpaired) electrons. The van der Waals surface area contributed by atoms with Gasteiger partial charge in [0.15, 0.2) is 0 Å². The number of carbonyl (C=O) groups excluding carboxylic acids is 1. The second-order valence-corrected chi connectivity index (χ2v) is 11.9. The highest BCUT2D eigenvalue weighted by atomic mass is 32.2. The average Bonchev–Trinajstić information content (AvgIpc) is 3.16. The Morgan fingerprint density at radius 3 is 1.91 bits per heavy atom. The molecule has 178 valence electrons. The highest BCUT2D eigenvalue weighted by Gasteiger charge is 2.58. The van der Waals surface area contributed by atoms with Gasteiger partial charge in [0, 0.05) is 81.1 Å². The zero-order chi connectivity index (χ0) is 23.1. The Labute approximate surface area is 191 Å². The Morgan fingerprint density at radius 1 is 0.938 bits per heavy atom. The highest BCUT2D eigenvalue weighted by Crippen LogP contribution is 2.52. The summed E-state index contributed by atoms with van der Waals surface area (Å²) in [7, 11) is -3.12. The van der Waals surface area contributed by atoms with Crippen LogP contribution in [0.4, 0.5) is 16.2 Å². The number of carbonyl (C=O) groups is 1. The van der Waals surface area contributed by atoms with Crippen LogP contribution in [0.25, 0.3) is 0 Å². The van der Waals surface area contributed by atoms with Crippen LogP contribution in [0.3, 0.4) is 0 Å². The van der Waals surface area contributed by atoms with Crippen molar-refractivity contribution in [3.8, 4) is 0 Å². The first-order valence-corrected chi connectivity index (χ1v) is 13.1. The molecule has 32 heavy (non-hydrogen) atoms. The summed E-state index contributed by atoms with van der Waals surface area (Å²) in [5.74, 6) is 0. The Balaban J connectivity index is 1.38. The maximum atomic E-state index is 12.4. The quantitative estimate of drug-likeness (QED) is 0.662. The van der Waals surface area contributed by atoms with Gasteiger partial charge in [-0.2, -0.15) is 4.31 Å². The molecule has 4 rings (SSSR count). The van der Waals surface area contributed by atoms with Gasteiger partial charge < -0.3 is 25.1 Å². The van der Waals surface area contributed by atoms with Gasteiger partial charge in [0.2, 0.25) is 10.0 Å². The second-order valence-electron chi connectivity index (χ2n) is 9.95. The minimum Gasteiger partial charge on any atom is -0.395 e. The number of fused-ring (bicyclic) bond motifs is 1. The number of piperazine rings is 1. The van der Waals surface area contributed by atoms with Crippen LogP contribution in [0.5, 0.6) is 0 Å². The lowest BCUT2D eigenvalue weighted by Crippen LogP contribution is -2.48. The van der Waals surface area contributed by atoms with E-state index in [1.165, 1.54) is 16.2 Å². The van der Waals surface area contributed by atoms with E-state index in [4.69, 9.17) is 5.11 Å². The predicted octanol–water partition coefficient (Wildman–Crippen LogP) is 0.618. The molecule has 3 saturated heterocycles. The lowest BCUT2D eigenvalue weighted by atomic mass is 9.71. The molecule has 3 fully saturated rings. The summed E-state index contributed by atoms with van der Waals surface area (Å²) in [5.41, 5.74) is 2.30. The standard InChI is InChI=1S/C22H35N5O4S/c1-21-14-25(15-22(21,2)17-26(16-21)20(29)23-8-13-28)19-6-4-18(5-7-19)24-9-11-27(12-10-24)32(3,30)31/h4-7,28H,8-17H2,1-3H3,(H,23,29)/t21-,22+. The molecule has 10 heteroatoms. The number of likely N-dealkylation sites (tertiary alicyclic amines) is 1. The number of hydrogen-bond donors (Lipinski definition) is 2. The van der Waals surface area contributed by atoms with Crippen molar-refractivity contribution < 1.29 is 18.3 Å². The fourth-order valence-electron chi connectivity index (χ4n) is 5.41. The molecule has 3 aliphatic rings. The fraction of sp³-hybridized carbons (Fsp3) is 0.682. The van der Waals surface area contributed by atoms with Crippen molar-refractivity contribution in [3.05, 3.63) is 24.3 Å². The molecule has 0 bridgehead atoms. The molecule has 0 aliphatic carbocycles. The summed E-state index contributed by atoms with van der Waals surface area (Å²) in [6.07, 6.45) is 1.27. The zero-order valence-corrected chi connectivity index (χ0v) is 20.1. The van der Waals surface area contributed by atoms with Gasteiger partial charge in [-0.15, -0.1) is 0 Å². The minimum atomic E-state index is -3.12. The van der Waals surface area contributed by atoms with Crippen LogP contribution < -0.4 is 15.1 Å². The van der Waals surface area contributed by atoms with Crippen LogP contribution in [-0.4, -0.2) is 101 Å². The van der Waals surface area contributed by atoms with Crippen molar-refractivity contribution in [1.82, 2.24) is 14.5 Å². The lowest BCUT2D eigenvalue weighted by Gasteiger charge is -2.35. The summed E-state index contributed by atoms with van der Waals surface area (Å²) in [6.45, 7) is 10.4. The number of benzene rings is 1. The van der Waals surface area contributed by atoms with Crippen LogP contribution >= 0.6 is 0 Å². The minimum absolute atomic E-state index is 0.00417. The van der Waals surface area contributed by atoms with E-state index >= 15 is 0 Å². The zero-order valence-electron chi connectivity index (χ0n) is 19.2. The molecular formula is C22H35N5O4S. The van der Waals surface area contributed by atoms with Crippen molar-refractivity contribution >= 4 is 27.4 Å².